The largest absolute Gasteiger partial charge is 0.380 e. The lowest BCUT2D eigenvalue weighted by atomic mass is 9.75. The molecule has 0 spiro atoms. The van der Waals surface area contributed by atoms with Gasteiger partial charge in [-0.1, -0.05) is 37.0 Å². The van der Waals surface area contributed by atoms with Gasteiger partial charge in [0, 0.05) is 6.04 Å². The lowest BCUT2D eigenvalue weighted by Gasteiger charge is -2.35. The smallest absolute Gasteiger partial charge is 0.126 e. The molecule has 100 valence electrons. The Morgan fingerprint density at radius 1 is 1.17 bits per heavy atom. The van der Waals surface area contributed by atoms with Crippen LogP contribution in [0.3, 0.4) is 0 Å². The second-order valence-corrected chi connectivity index (χ2v) is 6.64. The van der Waals surface area contributed by atoms with Crippen molar-refractivity contribution in [3.63, 3.8) is 0 Å². The Bertz CT molecular complexity index is 412. The minimum Gasteiger partial charge on any atom is -0.380 e. The first-order chi connectivity index (χ1) is 8.37. The highest BCUT2D eigenvalue weighted by Gasteiger charge is 2.27. The number of halogens is 3. The molecule has 1 fully saturated rings. The summed E-state index contributed by atoms with van der Waals surface area (Å²) in [6.07, 6.45) is 4.55. The van der Waals surface area contributed by atoms with Crippen LogP contribution in [0.1, 0.15) is 39.5 Å². The van der Waals surface area contributed by atoms with Crippen molar-refractivity contribution < 1.29 is 4.39 Å². The fourth-order valence-corrected chi connectivity index (χ4v) is 3.00. The number of nitrogens with one attached hydrogen (secondary N) is 1. The number of hydrogen-bond acceptors (Lipinski definition) is 1. The SMILES string of the molecule is CC1(C)CCC(Nc2c(Cl)cc(F)cc2Cl)CC1. The van der Waals surface area contributed by atoms with Gasteiger partial charge in [0.25, 0.3) is 0 Å². The zero-order chi connectivity index (χ0) is 13.3. The molecular formula is C14H18Cl2FN. The Morgan fingerprint density at radius 2 is 1.67 bits per heavy atom. The zero-order valence-corrected chi connectivity index (χ0v) is 12.2. The van der Waals surface area contributed by atoms with Crippen LogP contribution in [0.4, 0.5) is 10.1 Å². The van der Waals surface area contributed by atoms with Gasteiger partial charge in [0.2, 0.25) is 0 Å². The van der Waals surface area contributed by atoms with Gasteiger partial charge in [-0.05, 0) is 43.2 Å². The molecule has 1 N–H and O–H groups in total. The van der Waals surface area contributed by atoms with Gasteiger partial charge in [-0.15, -0.1) is 0 Å². The van der Waals surface area contributed by atoms with Crippen molar-refractivity contribution in [2.45, 2.75) is 45.6 Å². The summed E-state index contributed by atoms with van der Waals surface area (Å²) in [5.41, 5.74) is 1.08. The van der Waals surface area contributed by atoms with Crippen molar-refractivity contribution in [1.82, 2.24) is 0 Å². The maximum atomic E-state index is 13.1. The van der Waals surface area contributed by atoms with E-state index < -0.39 is 5.82 Å². The van der Waals surface area contributed by atoms with Crippen molar-refractivity contribution in [2.24, 2.45) is 5.41 Å². The van der Waals surface area contributed by atoms with Crippen LogP contribution in [0.5, 0.6) is 0 Å². The van der Waals surface area contributed by atoms with E-state index in [9.17, 15) is 4.39 Å². The first kappa shape index (κ1) is 14.0. The van der Waals surface area contributed by atoms with Crippen molar-refractivity contribution in [3.05, 3.63) is 28.0 Å². The molecule has 18 heavy (non-hydrogen) atoms. The average Bonchev–Trinajstić information content (AvgIpc) is 2.25. The fourth-order valence-electron chi connectivity index (χ4n) is 2.43. The van der Waals surface area contributed by atoms with E-state index in [2.05, 4.69) is 19.2 Å². The van der Waals surface area contributed by atoms with Crippen molar-refractivity contribution in [2.75, 3.05) is 5.32 Å². The topological polar surface area (TPSA) is 12.0 Å². The van der Waals surface area contributed by atoms with Gasteiger partial charge < -0.3 is 5.32 Å². The van der Waals surface area contributed by atoms with Crippen molar-refractivity contribution in [3.8, 4) is 0 Å². The third-order valence-electron chi connectivity index (χ3n) is 3.69. The second-order valence-electron chi connectivity index (χ2n) is 5.83. The maximum Gasteiger partial charge on any atom is 0.126 e. The molecule has 0 aliphatic heterocycles. The van der Waals surface area contributed by atoms with Gasteiger partial charge >= 0.3 is 0 Å². The van der Waals surface area contributed by atoms with Gasteiger partial charge in [-0.2, -0.15) is 0 Å². The van der Waals surface area contributed by atoms with Gasteiger partial charge in [-0.25, -0.2) is 4.39 Å². The van der Waals surface area contributed by atoms with E-state index in [-0.39, 0.29) is 0 Å². The molecular weight excluding hydrogens is 272 g/mol. The standard InChI is InChI=1S/C14H18Cl2FN/c1-14(2)5-3-10(4-6-14)18-13-11(15)7-9(17)8-12(13)16/h7-8,10,18H,3-6H2,1-2H3. The molecule has 0 heterocycles. The first-order valence-corrected chi connectivity index (χ1v) is 7.04. The molecule has 0 bridgehead atoms. The van der Waals surface area contributed by atoms with E-state index in [4.69, 9.17) is 23.2 Å². The molecule has 0 radical (unpaired) electrons. The summed E-state index contributed by atoms with van der Waals surface area (Å²) in [7, 11) is 0. The summed E-state index contributed by atoms with van der Waals surface area (Å²) < 4.78 is 13.1. The molecule has 0 amide bonds. The Morgan fingerprint density at radius 3 is 2.17 bits per heavy atom. The third-order valence-corrected chi connectivity index (χ3v) is 4.29. The summed E-state index contributed by atoms with van der Waals surface area (Å²) in [5.74, 6) is -0.402. The number of benzene rings is 1. The predicted octanol–water partition coefficient (Wildman–Crippen LogP) is 5.51. The number of hydrogen-bond donors (Lipinski definition) is 1. The van der Waals surface area contributed by atoms with Gasteiger partial charge in [-0.3, -0.25) is 0 Å². The van der Waals surface area contributed by atoms with E-state index in [1.54, 1.807) is 0 Å². The highest BCUT2D eigenvalue weighted by atomic mass is 35.5. The van der Waals surface area contributed by atoms with Crippen LogP contribution >= 0.6 is 23.2 Å². The summed E-state index contributed by atoms with van der Waals surface area (Å²) in [6.45, 7) is 4.59. The minimum absolute atomic E-state index is 0.352. The normalized spacial score (nSPS) is 19.8. The van der Waals surface area contributed by atoms with E-state index >= 15 is 0 Å². The predicted molar refractivity (Wildman–Crippen MR) is 76.1 cm³/mol. The lowest BCUT2D eigenvalue weighted by molar-refractivity contribution is 0.232. The summed E-state index contributed by atoms with van der Waals surface area (Å²) in [4.78, 5) is 0. The average molecular weight is 290 g/mol. The van der Waals surface area contributed by atoms with E-state index in [0.717, 1.165) is 12.8 Å². The summed E-state index contributed by atoms with van der Waals surface area (Å²) >= 11 is 12.0. The molecule has 0 saturated heterocycles. The molecule has 0 unspecified atom stereocenters. The Kier molecular flexibility index (Phi) is 4.08. The minimum atomic E-state index is -0.402. The van der Waals surface area contributed by atoms with Crippen molar-refractivity contribution >= 4 is 28.9 Å². The highest BCUT2D eigenvalue weighted by Crippen LogP contribution is 2.38. The lowest BCUT2D eigenvalue weighted by Crippen LogP contribution is -2.30. The Labute approximate surface area is 118 Å². The molecule has 2 rings (SSSR count). The van der Waals surface area contributed by atoms with Crippen molar-refractivity contribution in [1.29, 1.82) is 0 Å². The monoisotopic (exact) mass is 289 g/mol. The molecule has 0 atom stereocenters. The summed E-state index contributed by atoms with van der Waals surface area (Å²) in [6, 6.07) is 2.96. The van der Waals surface area contributed by atoms with E-state index in [1.807, 2.05) is 0 Å². The Balaban J connectivity index is 2.07. The molecule has 1 saturated carbocycles. The molecule has 4 heteroatoms. The van der Waals surface area contributed by atoms with Crippen LogP contribution in [0.2, 0.25) is 10.0 Å². The zero-order valence-electron chi connectivity index (χ0n) is 10.7. The quantitative estimate of drug-likeness (QED) is 0.757. The highest BCUT2D eigenvalue weighted by molar-refractivity contribution is 6.39. The molecule has 0 aromatic heterocycles. The molecule has 1 nitrogen and oxygen atoms in total. The number of rotatable bonds is 2. The second kappa shape index (κ2) is 5.26. The van der Waals surface area contributed by atoms with Crippen LogP contribution in [-0.4, -0.2) is 6.04 Å². The van der Waals surface area contributed by atoms with Crippen LogP contribution in [0.25, 0.3) is 0 Å². The number of anilines is 1. The van der Waals surface area contributed by atoms with Gasteiger partial charge in [0.05, 0.1) is 15.7 Å². The Hall–Kier alpha value is -0.470. The van der Waals surface area contributed by atoms with E-state index in [1.165, 1.54) is 25.0 Å². The molecule has 1 aliphatic carbocycles. The summed E-state index contributed by atoms with van der Waals surface area (Å²) in [5, 5.41) is 4.06. The van der Waals surface area contributed by atoms with Crippen LogP contribution in [0.15, 0.2) is 12.1 Å². The van der Waals surface area contributed by atoms with Gasteiger partial charge in [0.1, 0.15) is 5.82 Å². The van der Waals surface area contributed by atoms with Gasteiger partial charge in [0.15, 0.2) is 0 Å². The van der Waals surface area contributed by atoms with Crippen LogP contribution in [-0.2, 0) is 0 Å². The van der Waals surface area contributed by atoms with Crippen LogP contribution in [0, 0.1) is 11.2 Å². The molecule has 1 aromatic carbocycles. The fraction of sp³-hybridized carbons (Fsp3) is 0.571. The first-order valence-electron chi connectivity index (χ1n) is 6.28. The maximum absolute atomic E-state index is 13.1. The van der Waals surface area contributed by atoms with Crippen LogP contribution < -0.4 is 5.32 Å². The van der Waals surface area contributed by atoms with E-state index in [0.29, 0.717) is 27.2 Å². The third kappa shape index (κ3) is 3.30. The molecule has 1 aliphatic rings. The molecule has 1 aromatic rings.